The van der Waals surface area contributed by atoms with Gasteiger partial charge >= 0.3 is 0 Å². The summed E-state index contributed by atoms with van der Waals surface area (Å²) in [5, 5.41) is 28.8. The van der Waals surface area contributed by atoms with E-state index in [0.717, 1.165) is 60.4 Å². The number of hydrogen-bond donors (Lipinski definition) is 12. The van der Waals surface area contributed by atoms with E-state index in [-0.39, 0.29) is 86.6 Å². The fraction of sp³-hybridized carbons (Fsp3) is 0.377. The lowest BCUT2D eigenvalue weighted by atomic mass is 9.86. The summed E-state index contributed by atoms with van der Waals surface area (Å²) in [6, 6.07) is 62.4. The monoisotopic (exact) mass is 1860 g/mol. The third-order valence-electron chi connectivity index (χ3n) is 21.9. The van der Waals surface area contributed by atoms with Crippen LogP contribution in [0.25, 0.3) is 43.4 Å². The first-order chi connectivity index (χ1) is 62.1. The van der Waals surface area contributed by atoms with E-state index in [1.165, 1.54) is 55.9 Å². The number of benzene rings is 7. The molecule has 0 unspecified atom stereocenters. The Labute approximate surface area is 817 Å². The number of aromatic nitrogens is 9. The molecular weight excluding hydrogens is 1700 g/mol. The van der Waals surface area contributed by atoms with Crippen LogP contribution in [-0.4, -0.2) is 74.5 Å². The zero-order chi connectivity index (χ0) is 102. The molecule has 7 heterocycles. The average molecular weight is 1860 g/mol. The summed E-state index contributed by atoms with van der Waals surface area (Å²) in [6.07, 6.45) is 13.9. The van der Waals surface area contributed by atoms with Gasteiger partial charge in [0.2, 0.25) is 11.8 Å². The molecule has 0 saturated heterocycles. The van der Waals surface area contributed by atoms with Crippen LogP contribution in [0.15, 0.2) is 238 Å². The third kappa shape index (κ3) is 38.2. The first-order valence-electron chi connectivity index (χ1n) is 45.3. The second-order valence-electron chi connectivity index (χ2n) is 43.8. The lowest BCUT2D eigenvalue weighted by Gasteiger charge is -2.19. The molecule has 0 atom stereocenters. The van der Waals surface area contributed by atoms with Crippen LogP contribution >= 0.6 is 0 Å². The zero-order valence-corrected chi connectivity index (χ0v) is 85.7. The number of nitrogens with two attached hydrogens (primary N) is 9. The topological polar surface area (TPSA) is 452 Å². The van der Waals surface area contributed by atoms with Crippen molar-refractivity contribution in [2.24, 2.45) is 34.4 Å². The van der Waals surface area contributed by atoms with Crippen LogP contribution in [0.4, 0.5) is 17.6 Å². The summed E-state index contributed by atoms with van der Waals surface area (Å²) in [6.45, 7) is 65.3. The second-order valence-corrected chi connectivity index (χ2v) is 43.8. The van der Waals surface area contributed by atoms with E-state index in [1.54, 1.807) is 55.2 Å². The van der Waals surface area contributed by atoms with Gasteiger partial charge in [0, 0.05) is 82.6 Å². The van der Waals surface area contributed by atoms with Gasteiger partial charge in [-0.25, -0.2) is 9.97 Å². The molecule has 137 heavy (non-hydrogen) atoms. The molecule has 0 spiro atoms. The van der Waals surface area contributed by atoms with Crippen LogP contribution in [0.5, 0.6) is 0 Å². The van der Waals surface area contributed by atoms with Crippen LogP contribution in [-0.2, 0) is 60.7 Å². The number of imidazole rings is 1. The number of pyridine rings is 5. The van der Waals surface area contributed by atoms with Gasteiger partial charge in [0.05, 0.1) is 22.8 Å². The number of hydrogen-bond acceptors (Lipinski definition) is 17. The molecule has 0 radical (unpaired) electrons. The smallest absolute Gasteiger partial charge is 0.267 e. The summed E-state index contributed by atoms with van der Waals surface area (Å²) in [5.41, 5.74) is 68.1. The maximum Gasteiger partial charge on any atom is 0.267 e. The van der Waals surface area contributed by atoms with Gasteiger partial charge < -0.3 is 56.6 Å². The summed E-state index contributed by atoms with van der Waals surface area (Å²) < 4.78 is 0. The quantitative estimate of drug-likeness (QED) is 0.0543. The van der Waals surface area contributed by atoms with Crippen molar-refractivity contribution in [2.45, 2.75) is 283 Å². The van der Waals surface area contributed by atoms with Gasteiger partial charge in [-0.05, 0) is 193 Å². The number of rotatable bonds is 6. The fourth-order valence-electron chi connectivity index (χ4n) is 12.7. The van der Waals surface area contributed by atoms with Crippen LogP contribution in [0.2, 0.25) is 0 Å². The molecule has 3 amide bonds. The van der Waals surface area contributed by atoms with E-state index >= 15 is 0 Å². The van der Waals surface area contributed by atoms with E-state index in [4.69, 9.17) is 62.4 Å². The largest absolute Gasteiger partial charge is 0.384 e. The van der Waals surface area contributed by atoms with Crippen molar-refractivity contribution < 1.29 is 14.4 Å². The van der Waals surface area contributed by atoms with Gasteiger partial charge in [-0.1, -0.05) is 344 Å². The van der Waals surface area contributed by atoms with Gasteiger partial charge in [0.25, 0.3) is 5.91 Å². The van der Waals surface area contributed by atoms with Crippen LogP contribution in [0.3, 0.4) is 0 Å². The number of amidine groups is 2. The second kappa shape index (κ2) is 49.2. The summed E-state index contributed by atoms with van der Waals surface area (Å²) in [5.74, 6) is 0.434. The number of aromatic amines is 1. The number of primary amides is 3. The number of anilines is 3. The Hall–Kier alpha value is -13.7. The fourth-order valence-corrected chi connectivity index (χ4v) is 12.7. The number of amides is 3. The molecule has 0 aliphatic heterocycles. The molecule has 14 rings (SSSR count). The lowest BCUT2D eigenvalue weighted by molar-refractivity contribution is 0.0988. The number of carbonyl (C=O) groups excluding carboxylic acids is 3. The van der Waals surface area contributed by atoms with Crippen LogP contribution in [0.1, 0.15) is 326 Å². The molecule has 23 heteroatoms. The third-order valence-corrected chi connectivity index (χ3v) is 21.9. The molecule has 23 nitrogen and oxygen atoms in total. The van der Waals surface area contributed by atoms with Crippen molar-refractivity contribution >= 4 is 90.3 Å². The molecule has 7 aromatic heterocycles. The van der Waals surface area contributed by atoms with Gasteiger partial charge in [0.15, 0.2) is 11.8 Å². The Kier molecular flexibility index (Phi) is 42.2. The minimum Gasteiger partial charge on any atom is -0.384 e. The molecule has 0 aliphatic rings. The molecule has 0 bridgehead atoms. The molecular formula is C114H160N20O3. The maximum absolute atomic E-state index is 10.9. The highest BCUT2D eigenvalue weighted by Crippen LogP contribution is 2.33. The standard InChI is InChI=1S/C13H16N2.C13H15N.C12H15N3.C11H15N3.C11H16N2.C11H15NO.C11H17N.C10H15N3.2C10H14N2O.2CH4/c1-13(2,3)10-4-5-11-9(8-10)6-7-15-12(11)14;1-13(2,3)12-5-4-11-9-14-7-6-10(11)8-12;1-12(2,3)9-4-5-10-8(6-9)7-14-15-11(10)13;1-11(2,3)7-4-5-8-9(6-7)14-10(12)13-8;1-11(2,3)9-6-4-8(5-7-9)10(12)13;1-11(2,3)9-6-4-5-8(7-9)10(12)13;1-11(2,3)10-6-4-9(8-12)5-7-10;1-10(2,3)7-4-5-8(9(11)12)13-6-7;1-10(2,3)8-4-7(9(11)13)5-12-6-8;1-10(2,3)7-4-5-12-8(6-7)9(11)13;;/h4-8H,1-3H3,(H2,14,15);4-9H,1-3H3;4-7H,1-3H3,(H2,13,15);4-6H,1-3H3,(H3,12,13,14);4-7H,1-3H3,(H3,12,13);4-7H,1-3H3,(H2,12,13);4-7H,8,12H2,1-3H3;4-6H,1-3H3,(H3,11,12);2*4-6H,1-3H3,(H2,11,13);2*1H4. The number of fused-ring (bicyclic) bond motifs is 4. The number of nitrogens with one attached hydrogen (secondary N) is 3. The highest BCUT2D eigenvalue weighted by atomic mass is 16.2. The van der Waals surface area contributed by atoms with E-state index in [2.05, 4.69) is 344 Å². The van der Waals surface area contributed by atoms with Crippen molar-refractivity contribution in [3.63, 3.8) is 0 Å². The number of carbonyl (C=O) groups is 3. The Morgan fingerprint density at radius 2 is 0.737 bits per heavy atom. The maximum atomic E-state index is 10.9. The predicted molar refractivity (Wildman–Crippen MR) is 580 cm³/mol. The molecule has 0 fully saturated rings. The highest BCUT2D eigenvalue weighted by Gasteiger charge is 2.23. The van der Waals surface area contributed by atoms with E-state index in [0.29, 0.717) is 46.6 Å². The molecule has 14 aromatic rings. The minimum absolute atomic E-state index is 0. The van der Waals surface area contributed by atoms with Crippen LogP contribution < -0.4 is 51.6 Å². The van der Waals surface area contributed by atoms with E-state index < -0.39 is 11.8 Å². The predicted octanol–water partition coefficient (Wildman–Crippen LogP) is 24.3. The molecule has 7 aromatic carbocycles. The lowest BCUT2D eigenvalue weighted by Crippen LogP contribution is -2.16. The number of nitrogen functional groups attached to an aromatic ring is 5. The normalized spacial score (nSPS) is 11.5. The Bertz CT molecular complexity index is 5940. The molecule has 734 valence electrons. The summed E-state index contributed by atoms with van der Waals surface area (Å²) in [7, 11) is 0. The molecule has 21 N–H and O–H groups in total. The Morgan fingerprint density at radius 1 is 0.314 bits per heavy atom. The van der Waals surface area contributed by atoms with E-state index in [9.17, 15) is 14.4 Å². The van der Waals surface area contributed by atoms with Crippen LogP contribution in [0, 0.1) is 10.8 Å². The summed E-state index contributed by atoms with van der Waals surface area (Å²) >= 11 is 0. The van der Waals surface area contributed by atoms with Gasteiger partial charge in [-0.15, -0.1) is 5.10 Å². The molecule has 0 saturated carbocycles. The zero-order valence-electron chi connectivity index (χ0n) is 85.7. The van der Waals surface area contributed by atoms with Crippen molar-refractivity contribution in [3.05, 3.63) is 327 Å². The minimum atomic E-state index is -0.480. The highest BCUT2D eigenvalue weighted by molar-refractivity contribution is 5.96. The number of nitrogens with zero attached hydrogens (tertiary/aromatic N) is 8. The first-order valence-corrected chi connectivity index (χ1v) is 45.3. The Morgan fingerprint density at radius 3 is 1.20 bits per heavy atom. The summed E-state index contributed by atoms with van der Waals surface area (Å²) in [4.78, 5) is 59.9. The van der Waals surface area contributed by atoms with Crippen molar-refractivity contribution in [1.82, 2.24) is 45.1 Å². The van der Waals surface area contributed by atoms with Gasteiger partial charge in [0.1, 0.15) is 28.9 Å². The van der Waals surface area contributed by atoms with Gasteiger partial charge in [-0.3, -0.25) is 45.1 Å². The van der Waals surface area contributed by atoms with Crippen molar-refractivity contribution in [2.75, 3.05) is 17.2 Å². The van der Waals surface area contributed by atoms with E-state index in [1.807, 2.05) is 85.2 Å². The Balaban J connectivity index is 0.000000391. The number of H-pyrrole nitrogens is 1. The first kappa shape index (κ1) is 117. The van der Waals surface area contributed by atoms with Crippen molar-refractivity contribution in [3.8, 4) is 0 Å². The van der Waals surface area contributed by atoms with Crippen molar-refractivity contribution in [1.29, 1.82) is 10.8 Å². The average Bonchev–Trinajstić information content (AvgIpc) is 1.79. The van der Waals surface area contributed by atoms with Gasteiger partial charge in [-0.2, -0.15) is 5.10 Å². The molecule has 0 aliphatic carbocycles. The SMILES string of the molecule is C.C.CC(C)(C)c1ccc(C(=N)N)cc1.CC(C)(C)c1ccc(C(=N)N)nc1.CC(C)(C)c1ccc(CN)cc1.CC(C)(C)c1ccc2c(N)nccc2c1.CC(C)(C)c1ccc2c(N)nncc2c1.CC(C)(C)c1ccc2cnccc2c1.CC(C)(C)c1ccc2nc(N)[nH]c2c1.CC(C)(C)c1cccc(C(N)=O)c1.CC(C)(C)c1ccnc(C(N)=O)c1.CC(C)(C)c1cncc(C(N)=O)c1.